The lowest BCUT2D eigenvalue weighted by molar-refractivity contribution is -0.00598. The Bertz CT molecular complexity index is 605. The second-order valence-corrected chi connectivity index (χ2v) is 7.34. The van der Waals surface area contributed by atoms with Gasteiger partial charge >= 0.3 is 0 Å². The molecule has 5 heteroatoms. The zero-order valence-corrected chi connectivity index (χ0v) is 14.6. The largest absolute Gasteiger partial charge is 0.391 e. The number of fused-ring (bicyclic) bond motifs is 1. The molecule has 2 heterocycles. The summed E-state index contributed by atoms with van der Waals surface area (Å²) in [6.07, 6.45) is 7.92. The van der Waals surface area contributed by atoms with Gasteiger partial charge in [-0.25, -0.2) is 0 Å². The second-order valence-electron chi connectivity index (χ2n) is 7.34. The molecule has 3 N–H and O–H groups in total. The van der Waals surface area contributed by atoms with E-state index in [9.17, 15) is 9.90 Å². The number of nitrogens with two attached hydrogens (primary N) is 1. The Hall–Kier alpha value is -1.17. The molecule has 1 aromatic rings. The average Bonchev–Trinajstić information content (AvgIpc) is 2.62. The first-order valence-corrected chi connectivity index (χ1v) is 9.35. The smallest absolute Gasteiger partial charge is 0.256 e. The lowest BCUT2D eigenvalue weighted by atomic mass is 9.86. The molecule has 2 aliphatic rings. The number of hydrogen-bond acceptors (Lipinski definition) is 4. The number of rotatable bonds is 5. The minimum atomic E-state index is -0.233. The predicted molar refractivity (Wildman–Crippen MR) is 93.9 cm³/mol. The molecule has 0 spiro atoms. The first kappa shape index (κ1) is 17.6. The van der Waals surface area contributed by atoms with Gasteiger partial charge in [-0.05, 0) is 56.6 Å². The van der Waals surface area contributed by atoms with Crippen LogP contribution in [0, 0.1) is 5.92 Å². The Balaban J connectivity index is 1.71. The van der Waals surface area contributed by atoms with Crippen LogP contribution in [0.4, 0.5) is 0 Å². The molecule has 1 aliphatic carbocycles. The molecule has 134 valence electrons. The van der Waals surface area contributed by atoms with Crippen molar-refractivity contribution in [3.63, 3.8) is 0 Å². The minimum absolute atomic E-state index is 0.0730. The summed E-state index contributed by atoms with van der Waals surface area (Å²) in [6, 6.07) is 3.47. The highest BCUT2D eigenvalue weighted by Gasteiger charge is 2.30. The number of aromatic nitrogens is 1. The van der Waals surface area contributed by atoms with Gasteiger partial charge in [0.1, 0.15) is 0 Å². The molecule has 0 radical (unpaired) electrons. The van der Waals surface area contributed by atoms with Crippen LogP contribution in [0.1, 0.15) is 62.7 Å². The van der Waals surface area contributed by atoms with E-state index in [1.54, 1.807) is 10.6 Å². The molecule has 3 rings (SSSR count). The van der Waals surface area contributed by atoms with Crippen LogP contribution in [0.3, 0.4) is 0 Å². The monoisotopic (exact) mass is 334 g/mol. The van der Waals surface area contributed by atoms with Crippen molar-refractivity contribution in [3.05, 3.63) is 33.7 Å². The Morgan fingerprint density at radius 2 is 2.00 bits per heavy atom. The molecule has 2 unspecified atom stereocenters. The van der Waals surface area contributed by atoms with E-state index in [-0.39, 0.29) is 24.2 Å². The van der Waals surface area contributed by atoms with Gasteiger partial charge in [-0.1, -0.05) is 13.3 Å². The maximum absolute atomic E-state index is 12.6. The lowest BCUT2D eigenvalue weighted by Gasteiger charge is -2.35. The van der Waals surface area contributed by atoms with Crippen LogP contribution in [0.15, 0.2) is 16.9 Å². The van der Waals surface area contributed by atoms with Crippen molar-refractivity contribution < 1.29 is 9.84 Å². The van der Waals surface area contributed by atoms with E-state index >= 15 is 0 Å². The highest BCUT2D eigenvalue weighted by atomic mass is 16.5. The Morgan fingerprint density at radius 3 is 2.67 bits per heavy atom. The highest BCUT2D eigenvalue weighted by Crippen LogP contribution is 2.30. The molecule has 1 aliphatic heterocycles. The molecule has 24 heavy (non-hydrogen) atoms. The highest BCUT2D eigenvalue weighted by molar-refractivity contribution is 5.19. The van der Waals surface area contributed by atoms with Gasteiger partial charge in [-0.3, -0.25) is 4.79 Å². The molecular formula is C19H30N2O3. The van der Waals surface area contributed by atoms with Crippen LogP contribution in [0.25, 0.3) is 0 Å². The van der Waals surface area contributed by atoms with Crippen LogP contribution in [-0.2, 0) is 17.8 Å². The summed E-state index contributed by atoms with van der Waals surface area (Å²) >= 11 is 0. The summed E-state index contributed by atoms with van der Waals surface area (Å²) in [5.41, 5.74) is 7.63. The standard InChI is InChI=1S/C19H30N2O3/c1-2-13-3-8-16(9-4-13)24-12-18-17(20)10-7-15-6-5-14(11-22)19(23)21(15)18/h5-6,13,16-18,22H,2-4,7-12,20H2,1H3. The van der Waals surface area contributed by atoms with E-state index in [0.717, 1.165) is 37.3 Å². The van der Waals surface area contributed by atoms with Gasteiger partial charge in [0.25, 0.3) is 5.56 Å². The average molecular weight is 334 g/mol. The number of ether oxygens (including phenoxy) is 1. The Kier molecular flexibility index (Phi) is 5.74. The number of aliphatic hydroxyl groups is 1. The first-order chi connectivity index (χ1) is 11.6. The van der Waals surface area contributed by atoms with Crippen molar-refractivity contribution in [2.75, 3.05) is 6.61 Å². The van der Waals surface area contributed by atoms with Crippen LogP contribution in [0.5, 0.6) is 0 Å². The van der Waals surface area contributed by atoms with Crippen LogP contribution in [0.2, 0.25) is 0 Å². The van der Waals surface area contributed by atoms with Crippen molar-refractivity contribution in [1.29, 1.82) is 0 Å². The number of nitrogens with zero attached hydrogens (tertiary/aromatic N) is 1. The van der Waals surface area contributed by atoms with Crippen molar-refractivity contribution in [1.82, 2.24) is 4.57 Å². The number of aryl methyl sites for hydroxylation is 1. The molecule has 5 nitrogen and oxygen atoms in total. The van der Waals surface area contributed by atoms with Crippen LogP contribution >= 0.6 is 0 Å². The van der Waals surface area contributed by atoms with Crippen molar-refractivity contribution in [3.8, 4) is 0 Å². The summed E-state index contributed by atoms with van der Waals surface area (Å²) < 4.78 is 7.94. The molecule has 0 amide bonds. The third kappa shape index (κ3) is 3.58. The zero-order valence-electron chi connectivity index (χ0n) is 14.6. The molecule has 1 aromatic heterocycles. The van der Waals surface area contributed by atoms with E-state index in [1.165, 1.54) is 19.3 Å². The summed E-state index contributed by atoms with van der Waals surface area (Å²) in [7, 11) is 0. The normalized spacial score (nSPS) is 30.1. The number of pyridine rings is 1. The molecule has 0 aromatic carbocycles. The van der Waals surface area contributed by atoms with Crippen molar-refractivity contribution in [2.45, 2.75) is 76.7 Å². The molecular weight excluding hydrogens is 304 g/mol. The molecule has 1 saturated carbocycles. The van der Waals surface area contributed by atoms with Crippen molar-refractivity contribution >= 4 is 0 Å². The lowest BCUT2D eigenvalue weighted by Crippen LogP contribution is -2.46. The van der Waals surface area contributed by atoms with E-state index in [4.69, 9.17) is 10.5 Å². The van der Waals surface area contributed by atoms with E-state index in [0.29, 0.717) is 18.3 Å². The zero-order chi connectivity index (χ0) is 17.1. The minimum Gasteiger partial charge on any atom is -0.391 e. The third-order valence-electron chi connectivity index (χ3n) is 5.88. The molecule has 1 fully saturated rings. The first-order valence-electron chi connectivity index (χ1n) is 9.35. The summed E-state index contributed by atoms with van der Waals surface area (Å²) in [5, 5.41) is 9.38. The second kappa shape index (κ2) is 7.81. The fraction of sp³-hybridized carbons (Fsp3) is 0.737. The topological polar surface area (TPSA) is 77.5 Å². The van der Waals surface area contributed by atoms with E-state index in [1.807, 2.05) is 6.07 Å². The fourth-order valence-corrected chi connectivity index (χ4v) is 4.16. The van der Waals surface area contributed by atoms with E-state index in [2.05, 4.69) is 6.92 Å². The van der Waals surface area contributed by atoms with Gasteiger partial charge in [0.15, 0.2) is 0 Å². The van der Waals surface area contributed by atoms with Gasteiger partial charge in [-0.15, -0.1) is 0 Å². The summed E-state index contributed by atoms with van der Waals surface area (Å²) in [6.45, 7) is 2.52. The van der Waals surface area contributed by atoms with E-state index < -0.39 is 0 Å². The SMILES string of the molecule is CCC1CCC(OCC2C(N)CCc3ccc(CO)c(=O)n32)CC1. The van der Waals surface area contributed by atoms with Gasteiger partial charge < -0.3 is 20.1 Å². The molecule has 2 atom stereocenters. The molecule has 0 bridgehead atoms. The van der Waals surface area contributed by atoms with Crippen LogP contribution in [-0.4, -0.2) is 28.4 Å². The molecule has 0 saturated heterocycles. The van der Waals surface area contributed by atoms with Crippen LogP contribution < -0.4 is 11.3 Å². The maximum atomic E-state index is 12.6. The Labute approximate surface area is 143 Å². The third-order valence-corrected chi connectivity index (χ3v) is 5.88. The summed E-state index contributed by atoms with van der Waals surface area (Å²) in [5.74, 6) is 0.845. The number of hydrogen-bond donors (Lipinski definition) is 2. The quantitative estimate of drug-likeness (QED) is 0.865. The Morgan fingerprint density at radius 1 is 1.25 bits per heavy atom. The summed E-state index contributed by atoms with van der Waals surface area (Å²) in [4.78, 5) is 12.6. The fourth-order valence-electron chi connectivity index (χ4n) is 4.16. The van der Waals surface area contributed by atoms with Gasteiger partial charge in [0.05, 0.1) is 25.4 Å². The van der Waals surface area contributed by atoms with Gasteiger partial charge in [0.2, 0.25) is 0 Å². The van der Waals surface area contributed by atoms with Crippen molar-refractivity contribution in [2.24, 2.45) is 11.7 Å². The maximum Gasteiger partial charge on any atom is 0.256 e. The number of aliphatic hydroxyl groups excluding tert-OH is 1. The van der Waals surface area contributed by atoms with Gasteiger partial charge in [-0.2, -0.15) is 0 Å². The van der Waals surface area contributed by atoms with Gasteiger partial charge in [0, 0.05) is 17.3 Å². The predicted octanol–water partition coefficient (Wildman–Crippen LogP) is 2.14.